The summed E-state index contributed by atoms with van der Waals surface area (Å²) in [6, 6.07) is 17.8. The highest BCUT2D eigenvalue weighted by atomic mass is 32.1. The molecular weight excluding hydrogens is 318 g/mol. The zero-order valence-corrected chi connectivity index (χ0v) is 14.3. The summed E-state index contributed by atoms with van der Waals surface area (Å²) in [4.78, 5) is 16.5. The molecule has 0 spiro atoms. The molecule has 4 nitrogen and oxygen atoms in total. The molecule has 0 bridgehead atoms. The number of thiazole rings is 1. The Morgan fingerprint density at radius 1 is 1.08 bits per heavy atom. The Morgan fingerprint density at radius 2 is 1.83 bits per heavy atom. The van der Waals surface area contributed by atoms with E-state index in [-0.39, 0.29) is 5.91 Å². The summed E-state index contributed by atoms with van der Waals surface area (Å²) in [5, 5.41) is 8.88. The van der Waals surface area contributed by atoms with E-state index in [0.29, 0.717) is 6.42 Å². The van der Waals surface area contributed by atoms with Gasteiger partial charge in [-0.2, -0.15) is 0 Å². The van der Waals surface area contributed by atoms with E-state index in [9.17, 15) is 4.79 Å². The van der Waals surface area contributed by atoms with E-state index in [0.717, 1.165) is 28.5 Å². The van der Waals surface area contributed by atoms with E-state index in [1.807, 2.05) is 67.0 Å². The second kappa shape index (κ2) is 7.75. The molecule has 0 unspecified atom stereocenters. The number of carbonyl (C=O) groups excluding carboxylic acids is 1. The topological polar surface area (TPSA) is 54.0 Å². The standard InChI is InChI=1S/C19H19N3OS/c1-20-19-22-17(13-24-19)15-8-10-16(11-9-15)21-18(23)12-7-14-5-3-2-4-6-14/h2-6,8-11,13H,7,12H2,1H3,(H,20,22)(H,21,23). The first-order valence-corrected chi connectivity index (χ1v) is 8.70. The van der Waals surface area contributed by atoms with E-state index in [2.05, 4.69) is 15.6 Å². The maximum Gasteiger partial charge on any atom is 0.224 e. The lowest BCUT2D eigenvalue weighted by Gasteiger charge is -2.06. The van der Waals surface area contributed by atoms with Gasteiger partial charge >= 0.3 is 0 Å². The lowest BCUT2D eigenvalue weighted by molar-refractivity contribution is -0.116. The van der Waals surface area contributed by atoms with Gasteiger partial charge in [0.1, 0.15) is 0 Å². The summed E-state index contributed by atoms with van der Waals surface area (Å²) < 4.78 is 0. The fourth-order valence-corrected chi connectivity index (χ4v) is 3.05. The van der Waals surface area contributed by atoms with Crippen molar-refractivity contribution in [2.45, 2.75) is 12.8 Å². The van der Waals surface area contributed by atoms with Gasteiger partial charge in [-0.25, -0.2) is 4.98 Å². The number of hydrogen-bond donors (Lipinski definition) is 2. The minimum atomic E-state index is 0.0257. The fraction of sp³-hybridized carbons (Fsp3) is 0.158. The maximum atomic E-state index is 12.1. The average Bonchev–Trinajstić information content (AvgIpc) is 3.11. The van der Waals surface area contributed by atoms with Crippen molar-refractivity contribution >= 4 is 28.1 Å². The molecule has 1 aromatic heterocycles. The number of rotatable bonds is 6. The van der Waals surface area contributed by atoms with Crippen LogP contribution in [0.1, 0.15) is 12.0 Å². The Labute approximate surface area is 145 Å². The quantitative estimate of drug-likeness (QED) is 0.700. The van der Waals surface area contributed by atoms with Crippen molar-refractivity contribution in [2.75, 3.05) is 17.7 Å². The van der Waals surface area contributed by atoms with Crippen LogP contribution in [0.4, 0.5) is 10.8 Å². The van der Waals surface area contributed by atoms with Crippen molar-refractivity contribution < 1.29 is 4.79 Å². The minimum absolute atomic E-state index is 0.0257. The summed E-state index contributed by atoms with van der Waals surface area (Å²) in [7, 11) is 1.86. The summed E-state index contributed by atoms with van der Waals surface area (Å²) in [5.41, 5.74) is 3.95. The molecule has 0 fully saturated rings. The van der Waals surface area contributed by atoms with Crippen molar-refractivity contribution in [1.82, 2.24) is 4.98 Å². The fourth-order valence-electron chi connectivity index (χ4n) is 2.37. The maximum absolute atomic E-state index is 12.1. The first-order chi connectivity index (χ1) is 11.7. The number of nitrogens with one attached hydrogen (secondary N) is 2. The van der Waals surface area contributed by atoms with Crippen LogP contribution in [-0.2, 0) is 11.2 Å². The SMILES string of the molecule is CNc1nc(-c2ccc(NC(=O)CCc3ccccc3)cc2)cs1. The van der Waals surface area contributed by atoms with Gasteiger partial charge in [-0.1, -0.05) is 42.5 Å². The molecule has 0 aliphatic carbocycles. The van der Waals surface area contributed by atoms with Crippen LogP contribution in [0, 0.1) is 0 Å². The van der Waals surface area contributed by atoms with Crippen molar-refractivity contribution in [1.29, 1.82) is 0 Å². The second-order valence-corrected chi connectivity index (χ2v) is 6.26. The summed E-state index contributed by atoms with van der Waals surface area (Å²) >= 11 is 1.57. The van der Waals surface area contributed by atoms with Crippen LogP contribution < -0.4 is 10.6 Å². The van der Waals surface area contributed by atoms with Crippen molar-refractivity contribution in [3.05, 3.63) is 65.5 Å². The van der Waals surface area contributed by atoms with Crippen LogP contribution in [-0.4, -0.2) is 17.9 Å². The van der Waals surface area contributed by atoms with Gasteiger partial charge in [0.2, 0.25) is 5.91 Å². The first-order valence-electron chi connectivity index (χ1n) is 7.82. The molecule has 2 aromatic carbocycles. The molecule has 3 rings (SSSR count). The molecule has 0 atom stereocenters. The van der Waals surface area contributed by atoms with Gasteiger partial charge in [0.15, 0.2) is 5.13 Å². The molecule has 1 heterocycles. The molecular formula is C19H19N3OS. The van der Waals surface area contributed by atoms with Crippen LogP contribution in [0.3, 0.4) is 0 Å². The highest BCUT2D eigenvalue weighted by molar-refractivity contribution is 7.14. The number of aromatic nitrogens is 1. The monoisotopic (exact) mass is 337 g/mol. The smallest absolute Gasteiger partial charge is 0.224 e. The predicted octanol–water partition coefficient (Wildman–Crippen LogP) is 4.42. The average molecular weight is 337 g/mol. The van der Waals surface area contributed by atoms with Crippen LogP contribution in [0.2, 0.25) is 0 Å². The molecule has 0 saturated carbocycles. The summed E-state index contributed by atoms with van der Waals surface area (Å²) in [6.45, 7) is 0. The molecule has 5 heteroatoms. The highest BCUT2D eigenvalue weighted by Crippen LogP contribution is 2.25. The number of nitrogens with zero attached hydrogens (tertiary/aromatic N) is 1. The number of carbonyl (C=O) groups is 1. The normalized spacial score (nSPS) is 10.4. The third kappa shape index (κ3) is 4.20. The Kier molecular flexibility index (Phi) is 5.23. The Hall–Kier alpha value is -2.66. The molecule has 24 heavy (non-hydrogen) atoms. The van der Waals surface area contributed by atoms with Gasteiger partial charge < -0.3 is 10.6 Å². The number of aryl methyl sites for hydroxylation is 1. The van der Waals surface area contributed by atoms with E-state index in [1.54, 1.807) is 11.3 Å². The van der Waals surface area contributed by atoms with Gasteiger partial charge in [-0.05, 0) is 24.1 Å². The summed E-state index contributed by atoms with van der Waals surface area (Å²) in [6.07, 6.45) is 1.22. The zero-order chi connectivity index (χ0) is 16.8. The van der Waals surface area contributed by atoms with Gasteiger partial charge in [0.25, 0.3) is 0 Å². The Bertz CT molecular complexity index is 797. The third-order valence-corrected chi connectivity index (χ3v) is 4.53. The number of anilines is 2. The largest absolute Gasteiger partial charge is 0.365 e. The second-order valence-electron chi connectivity index (χ2n) is 5.40. The van der Waals surface area contributed by atoms with Crippen molar-refractivity contribution in [2.24, 2.45) is 0 Å². The molecule has 3 aromatic rings. The van der Waals surface area contributed by atoms with Crippen molar-refractivity contribution in [3.63, 3.8) is 0 Å². The van der Waals surface area contributed by atoms with E-state index in [1.165, 1.54) is 5.56 Å². The molecule has 0 aliphatic heterocycles. The minimum Gasteiger partial charge on any atom is -0.365 e. The van der Waals surface area contributed by atoms with E-state index in [4.69, 9.17) is 0 Å². The lowest BCUT2D eigenvalue weighted by atomic mass is 10.1. The number of amides is 1. The van der Waals surface area contributed by atoms with Gasteiger partial charge in [-0.3, -0.25) is 4.79 Å². The first kappa shape index (κ1) is 16.2. The van der Waals surface area contributed by atoms with Crippen LogP contribution >= 0.6 is 11.3 Å². The molecule has 1 amide bonds. The number of hydrogen-bond acceptors (Lipinski definition) is 4. The molecule has 122 valence electrons. The molecule has 0 saturated heterocycles. The predicted molar refractivity (Wildman–Crippen MR) is 100 cm³/mol. The Morgan fingerprint density at radius 3 is 2.50 bits per heavy atom. The van der Waals surface area contributed by atoms with Crippen LogP contribution in [0.25, 0.3) is 11.3 Å². The van der Waals surface area contributed by atoms with E-state index < -0.39 is 0 Å². The van der Waals surface area contributed by atoms with Crippen LogP contribution in [0.15, 0.2) is 60.0 Å². The van der Waals surface area contributed by atoms with E-state index >= 15 is 0 Å². The van der Waals surface area contributed by atoms with Crippen LogP contribution in [0.5, 0.6) is 0 Å². The van der Waals surface area contributed by atoms with Gasteiger partial charge in [-0.15, -0.1) is 11.3 Å². The molecule has 0 aliphatic rings. The van der Waals surface area contributed by atoms with Crippen molar-refractivity contribution in [3.8, 4) is 11.3 Å². The number of benzene rings is 2. The molecule has 2 N–H and O–H groups in total. The lowest BCUT2D eigenvalue weighted by Crippen LogP contribution is -2.12. The zero-order valence-electron chi connectivity index (χ0n) is 13.5. The highest BCUT2D eigenvalue weighted by Gasteiger charge is 2.06. The van der Waals surface area contributed by atoms with Gasteiger partial charge in [0.05, 0.1) is 5.69 Å². The van der Waals surface area contributed by atoms with Gasteiger partial charge in [0, 0.05) is 30.1 Å². The third-order valence-electron chi connectivity index (χ3n) is 3.67. The summed E-state index contributed by atoms with van der Waals surface area (Å²) in [5.74, 6) is 0.0257. The molecule has 0 radical (unpaired) electrons. The Balaban J connectivity index is 1.56.